The molecule has 3 N–H and O–H groups in total. The zero-order chi connectivity index (χ0) is 15.9. The van der Waals surface area contributed by atoms with Gasteiger partial charge < -0.3 is 15.6 Å². The van der Waals surface area contributed by atoms with E-state index in [9.17, 15) is 5.11 Å². The van der Waals surface area contributed by atoms with E-state index in [1.807, 2.05) is 38.2 Å². The molecule has 2 heterocycles. The summed E-state index contributed by atoms with van der Waals surface area (Å²) in [7, 11) is 1.65. The molecule has 1 aromatic carbocycles. The van der Waals surface area contributed by atoms with E-state index >= 15 is 0 Å². The number of nitrogens with zero attached hydrogens (tertiary/aromatic N) is 2. The fourth-order valence-electron chi connectivity index (χ4n) is 2.87. The minimum absolute atomic E-state index is 0.0792. The number of ether oxygens (including phenoxy) is 1. The van der Waals surface area contributed by atoms with Crippen molar-refractivity contribution < 1.29 is 9.84 Å². The van der Waals surface area contributed by atoms with Gasteiger partial charge in [0.25, 0.3) is 0 Å². The summed E-state index contributed by atoms with van der Waals surface area (Å²) in [6.07, 6.45) is 1.84. The number of hydrogen-bond donors (Lipinski definition) is 2. The topological polar surface area (TPSA) is 72.8 Å². The van der Waals surface area contributed by atoms with Crippen molar-refractivity contribution in [3.05, 3.63) is 47.2 Å². The number of methoxy groups -OCH3 is 1. The number of pyridine rings is 1. The van der Waals surface area contributed by atoms with Gasteiger partial charge in [0.2, 0.25) is 0 Å². The highest BCUT2D eigenvalue weighted by Crippen LogP contribution is 2.37. The number of nitrogen functional groups attached to an aromatic ring is 1. The molecule has 5 heteroatoms. The van der Waals surface area contributed by atoms with Crippen LogP contribution in [0.3, 0.4) is 0 Å². The van der Waals surface area contributed by atoms with E-state index in [0.717, 1.165) is 28.0 Å². The highest BCUT2D eigenvalue weighted by molar-refractivity contribution is 5.81. The minimum atomic E-state index is -0.0792. The number of rotatable bonds is 3. The van der Waals surface area contributed by atoms with Crippen LogP contribution >= 0.6 is 0 Å². The summed E-state index contributed by atoms with van der Waals surface area (Å²) < 4.78 is 7.33. The standard InChI is InChI=1S/C17H19N3O2/c1-10-7-11(2)15(22-3)13(8-10)14-16(18)20-6-4-5-12(9-21)17(20)19-14/h4-8,21H,9,18H2,1-3H3. The zero-order valence-electron chi connectivity index (χ0n) is 12.9. The van der Waals surface area contributed by atoms with Crippen molar-refractivity contribution >= 4 is 11.5 Å². The van der Waals surface area contributed by atoms with Crippen molar-refractivity contribution in [2.24, 2.45) is 0 Å². The van der Waals surface area contributed by atoms with Gasteiger partial charge in [0, 0.05) is 17.3 Å². The maximum Gasteiger partial charge on any atom is 0.144 e. The van der Waals surface area contributed by atoms with Gasteiger partial charge in [-0.3, -0.25) is 4.40 Å². The summed E-state index contributed by atoms with van der Waals surface area (Å²) in [6.45, 7) is 3.95. The van der Waals surface area contributed by atoms with Gasteiger partial charge in [0.15, 0.2) is 0 Å². The molecule has 0 unspecified atom stereocenters. The lowest BCUT2D eigenvalue weighted by molar-refractivity contribution is 0.282. The SMILES string of the molecule is COc1c(C)cc(C)cc1-c1nc2c(CO)cccn2c1N. The Hall–Kier alpha value is -2.53. The molecule has 0 aliphatic carbocycles. The Morgan fingerprint density at radius 3 is 2.77 bits per heavy atom. The van der Waals surface area contributed by atoms with E-state index < -0.39 is 0 Å². The second kappa shape index (κ2) is 5.35. The number of anilines is 1. The van der Waals surface area contributed by atoms with Crippen LogP contribution in [0.5, 0.6) is 5.75 Å². The van der Waals surface area contributed by atoms with Gasteiger partial charge >= 0.3 is 0 Å². The first-order valence-corrected chi connectivity index (χ1v) is 7.08. The Morgan fingerprint density at radius 1 is 1.32 bits per heavy atom. The van der Waals surface area contributed by atoms with E-state index in [4.69, 9.17) is 10.5 Å². The Bertz CT molecular complexity index is 853. The predicted molar refractivity (Wildman–Crippen MR) is 87.0 cm³/mol. The monoisotopic (exact) mass is 297 g/mol. The first-order valence-electron chi connectivity index (χ1n) is 7.08. The molecule has 0 saturated carbocycles. The van der Waals surface area contributed by atoms with Crippen LogP contribution in [-0.2, 0) is 6.61 Å². The van der Waals surface area contributed by atoms with E-state index in [1.54, 1.807) is 11.5 Å². The van der Waals surface area contributed by atoms with Gasteiger partial charge in [-0.15, -0.1) is 0 Å². The number of nitrogens with two attached hydrogens (primary N) is 1. The average Bonchev–Trinajstić information content (AvgIpc) is 2.84. The Morgan fingerprint density at radius 2 is 2.09 bits per heavy atom. The summed E-state index contributed by atoms with van der Waals surface area (Å²) in [5.74, 6) is 1.31. The van der Waals surface area contributed by atoms with Gasteiger partial charge in [-0.1, -0.05) is 12.1 Å². The molecular weight excluding hydrogens is 278 g/mol. The number of hydrogen-bond acceptors (Lipinski definition) is 4. The van der Waals surface area contributed by atoms with Crippen LogP contribution in [-0.4, -0.2) is 21.6 Å². The molecule has 0 aliphatic heterocycles. The zero-order valence-corrected chi connectivity index (χ0v) is 12.9. The third-order valence-electron chi connectivity index (χ3n) is 3.82. The molecule has 0 bridgehead atoms. The first kappa shape index (κ1) is 14.4. The molecule has 0 radical (unpaired) electrons. The van der Waals surface area contributed by atoms with E-state index in [0.29, 0.717) is 17.2 Å². The molecular formula is C17H19N3O2. The fourth-order valence-corrected chi connectivity index (χ4v) is 2.87. The number of fused-ring (bicyclic) bond motifs is 1. The van der Waals surface area contributed by atoms with E-state index in [2.05, 4.69) is 11.1 Å². The van der Waals surface area contributed by atoms with Gasteiger partial charge in [-0.05, 0) is 37.1 Å². The largest absolute Gasteiger partial charge is 0.496 e. The van der Waals surface area contributed by atoms with Crippen molar-refractivity contribution in [2.75, 3.05) is 12.8 Å². The maximum absolute atomic E-state index is 9.48. The molecule has 3 rings (SSSR count). The highest BCUT2D eigenvalue weighted by Gasteiger charge is 2.18. The van der Waals surface area contributed by atoms with Gasteiger partial charge in [0.05, 0.1) is 13.7 Å². The van der Waals surface area contributed by atoms with Gasteiger partial charge in [-0.25, -0.2) is 4.98 Å². The van der Waals surface area contributed by atoms with E-state index in [1.165, 1.54) is 0 Å². The number of aromatic nitrogens is 2. The van der Waals surface area contributed by atoms with Gasteiger partial charge in [-0.2, -0.15) is 0 Å². The second-order valence-corrected chi connectivity index (χ2v) is 5.39. The molecule has 0 amide bonds. The van der Waals surface area contributed by atoms with Crippen LogP contribution in [0.1, 0.15) is 16.7 Å². The molecule has 0 spiro atoms. The van der Waals surface area contributed by atoms with Crippen LogP contribution < -0.4 is 10.5 Å². The summed E-state index contributed by atoms with van der Waals surface area (Å²) >= 11 is 0. The van der Waals surface area contributed by atoms with Crippen LogP contribution in [0.2, 0.25) is 0 Å². The van der Waals surface area contributed by atoms with E-state index in [-0.39, 0.29) is 6.61 Å². The lowest BCUT2D eigenvalue weighted by Gasteiger charge is -2.11. The average molecular weight is 297 g/mol. The smallest absolute Gasteiger partial charge is 0.144 e. The Labute approximate surface area is 129 Å². The first-order chi connectivity index (χ1) is 10.6. The van der Waals surface area contributed by atoms with Gasteiger partial charge in [0.1, 0.15) is 22.9 Å². The summed E-state index contributed by atoms with van der Waals surface area (Å²) in [5.41, 5.74) is 11.4. The molecule has 0 saturated heterocycles. The lowest BCUT2D eigenvalue weighted by Crippen LogP contribution is -1.97. The molecule has 2 aromatic heterocycles. The molecule has 114 valence electrons. The van der Waals surface area contributed by atoms with Crippen LogP contribution in [0, 0.1) is 13.8 Å². The molecule has 3 aromatic rings. The Kier molecular flexibility index (Phi) is 3.50. The summed E-state index contributed by atoms with van der Waals surface area (Å²) in [5, 5.41) is 9.48. The molecule has 22 heavy (non-hydrogen) atoms. The van der Waals surface area contributed by atoms with Crippen molar-refractivity contribution in [3.63, 3.8) is 0 Å². The van der Waals surface area contributed by atoms with Crippen molar-refractivity contribution in [1.82, 2.24) is 9.38 Å². The lowest BCUT2D eigenvalue weighted by atomic mass is 10.0. The number of benzene rings is 1. The predicted octanol–water partition coefficient (Wildman–Crippen LogP) is 2.70. The highest BCUT2D eigenvalue weighted by atomic mass is 16.5. The molecule has 0 atom stereocenters. The molecule has 0 fully saturated rings. The second-order valence-electron chi connectivity index (χ2n) is 5.39. The van der Waals surface area contributed by atoms with Crippen molar-refractivity contribution in [3.8, 4) is 17.0 Å². The molecule has 0 aliphatic rings. The van der Waals surface area contributed by atoms with Crippen LogP contribution in [0.25, 0.3) is 16.9 Å². The van der Waals surface area contributed by atoms with Crippen LogP contribution in [0.15, 0.2) is 30.5 Å². The third-order valence-corrected chi connectivity index (χ3v) is 3.82. The maximum atomic E-state index is 9.48. The summed E-state index contributed by atoms with van der Waals surface area (Å²) in [4.78, 5) is 4.64. The number of aliphatic hydroxyl groups is 1. The third kappa shape index (κ3) is 2.10. The Balaban J connectivity index is 2.34. The number of aliphatic hydroxyl groups excluding tert-OH is 1. The normalized spacial score (nSPS) is 11.1. The minimum Gasteiger partial charge on any atom is -0.496 e. The quantitative estimate of drug-likeness (QED) is 0.779. The van der Waals surface area contributed by atoms with Crippen molar-refractivity contribution in [1.29, 1.82) is 0 Å². The number of imidazole rings is 1. The molecule has 5 nitrogen and oxygen atoms in total. The van der Waals surface area contributed by atoms with Crippen molar-refractivity contribution in [2.45, 2.75) is 20.5 Å². The fraction of sp³-hybridized carbons (Fsp3) is 0.235. The number of aryl methyl sites for hydroxylation is 2. The van der Waals surface area contributed by atoms with Crippen LogP contribution in [0.4, 0.5) is 5.82 Å². The summed E-state index contributed by atoms with van der Waals surface area (Å²) in [6, 6.07) is 7.76.